The molecule has 12 aromatic carbocycles. The molecular formula is C80H54BBrN4O4. The zero-order valence-electron chi connectivity index (χ0n) is 48.5. The molecule has 10 heteroatoms. The monoisotopic (exact) mass is 1220 g/mol. The van der Waals surface area contributed by atoms with E-state index >= 15 is 0 Å². The summed E-state index contributed by atoms with van der Waals surface area (Å²) in [6, 6.07) is 107. The molecule has 16 aromatic rings. The van der Waals surface area contributed by atoms with Crippen molar-refractivity contribution in [1.29, 1.82) is 0 Å². The van der Waals surface area contributed by atoms with Gasteiger partial charge in [-0.2, -0.15) is 0 Å². The van der Waals surface area contributed by atoms with Crippen LogP contribution in [-0.4, -0.2) is 37.1 Å². The molecule has 0 radical (unpaired) electrons. The van der Waals surface area contributed by atoms with E-state index in [2.05, 4.69) is 192 Å². The van der Waals surface area contributed by atoms with Crippen LogP contribution in [0.15, 0.2) is 329 Å². The highest BCUT2D eigenvalue weighted by atomic mass is 79.9. The van der Waals surface area contributed by atoms with Crippen LogP contribution in [0.1, 0.15) is 0 Å². The first-order valence-electron chi connectivity index (χ1n) is 29.6. The Morgan fingerprint density at radius 2 is 0.578 bits per heavy atom. The number of rotatable bonds is 10. The first-order chi connectivity index (χ1) is 44.3. The average Bonchev–Trinajstić information content (AvgIpc) is 1.89. The molecule has 0 aliphatic rings. The second-order valence-corrected chi connectivity index (χ2v) is 22.5. The number of nitrogens with zero attached hydrogens (tertiary/aromatic N) is 4. The molecule has 0 unspecified atom stereocenters. The predicted molar refractivity (Wildman–Crippen MR) is 372 cm³/mol. The van der Waals surface area contributed by atoms with Gasteiger partial charge in [0.2, 0.25) is 0 Å². The van der Waals surface area contributed by atoms with Crippen molar-refractivity contribution in [3.8, 4) is 101 Å². The Labute approximate surface area is 529 Å². The lowest BCUT2D eigenvalue weighted by Crippen LogP contribution is -2.29. The van der Waals surface area contributed by atoms with E-state index in [4.69, 9.17) is 28.8 Å². The minimum absolute atomic E-state index is 0.397. The van der Waals surface area contributed by atoms with Gasteiger partial charge >= 0.3 is 7.12 Å². The first-order valence-corrected chi connectivity index (χ1v) is 30.4. The summed E-state index contributed by atoms with van der Waals surface area (Å²) in [5.41, 5.74) is 20.3. The highest BCUT2D eigenvalue weighted by Gasteiger charge is 2.19. The molecule has 0 fully saturated rings. The SMILES string of the molecule is Brc1ccc(-c2ccc(-c3cc(-c4ccccc4)nc(-c4ccccc4)n3)cc2)cc1.OB(O)c1cccc2c1oc1ccccc12.c1ccc(-c2cc(-c3ccc(-c4ccc(-c5cccc6c5oc5ccccc56)cc4)cc3)nc(-c3ccccc3)n2)cc1. The average molecular weight is 1230 g/mol. The third kappa shape index (κ3) is 12.1. The van der Waals surface area contributed by atoms with Crippen molar-refractivity contribution in [2.45, 2.75) is 0 Å². The number of fused-ring (bicyclic) bond motifs is 6. The summed E-state index contributed by atoms with van der Waals surface area (Å²) in [4.78, 5) is 19.6. The second-order valence-electron chi connectivity index (χ2n) is 21.6. The van der Waals surface area contributed by atoms with E-state index < -0.39 is 7.12 Å². The van der Waals surface area contributed by atoms with E-state index in [9.17, 15) is 10.0 Å². The van der Waals surface area contributed by atoms with Gasteiger partial charge in [0, 0.05) is 70.4 Å². The third-order valence-electron chi connectivity index (χ3n) is 15.8. The fourth-order valence-electron chi connectivity index (χ4n) is 11.2. The zero-order chi connectivity index (χ0) is 60.8. The summed E-state index contributed by atoms with van der Waals surface area (Å²) >= 11 is 3.50. The largest absolute Gasteiger partial charge is 0.492 e. The zero-order valence-corrected chi connectivity index (χ0v) is 50.1. The fraction of sp³-hybridized carbons (Fsp3) is 0. The number of halogens is 1. The molecule has 0 atom stereocenters. The van der Waals surface area contributed by atoms with Gasteiger partial charge in [-0.05, 0) is 64.2 Å². The van der Waals surface area contributed by atoms with Crippen molar-refractivity contribution >= 4 is 72.4 Å². The molecule has 428 valence electrons. The maximum absolute atomic E-state index is 9.24. The lowest BCUT2D eigenvalue weighted by Gasteiger charge is -2.10. The van der Waals surface area contributed by atoms with Gasteiger partial charge in [0.15, 0.2) is 11.6 Å². The standard InChI is InChI=1S/C40H26N2O.C28H19BrN2.C12H9BO3/c1-3-10-30(11-4-1)36-26-37(42-40(41-36)32-12-5-2-6-13-32)31-24-20-28(21-25-31)27-18-22-29(23-19-27)33-15-9-16-35-34-14-7-8-17-38(34)43-39(33)35;29-25-17-15-21(16-18-25)20-11-13-23(14-12-20)27-19-26(22-7-3-1-4-8-22)30-28(31-27)24-9-5-2-6-10-24;14-13(15)10-6-3-5-9-8-4-1-2-7-11(8)16-12(9)10/h1-26H;1-19H;1-7,14-15H. The summed E-state index contributed by atoms with van der Waals surface area (Å²) in [5.74, 6) is 1.45. The van der Waals surface area contributed by atoms with Crippen LogP contribution < -0.4 is 5.46 Å². The molecule has 0 aliphatic heterocycles. The number of hydrogen-bond donors (Lipinski definition) is 2. The lowest BCUT2D eigenvalue weighted by atomic mass is 9.79. The van der Waals surface area contributed by atoms with Gasteiger partial charge in [-0.1, -0.05) is 295 Å². The van der Waals surface area contributed by atoms with Gasteiger partial charge in [0.25, 0.3) is 0 Å². The van der Waals surface area contributed by atoms with E-state index in [1.165, 1.54) is 11.1 Å². The van der Waals surface area contributed by atoms with E-state index in [1.807, 2.05) is 127 Å². The predicted octanol–water partition coefficient (Wildman–Crippen LogP) is 19.9. The molecule has 0 spiro atoms. The minimum atomic E-state index is -1.51. The van der Waals surface area contributed by atoms with Crippen molar-refractivity contribution in [3.05, 3.63) is 320 Å². The van der Waals surface area contributed by atoms with E-state index in [-0.39, 0.29) is 0 Å². The fourth-order valence-corrected chi connectivity index (χ4v) is 11.5. The lowest BCUT2D eigenvalue weighted by molar-refractivity contribution is 0.425. The summed E-state index contributed by atoms with van der Waals surface area (Å²) in [6.45, 7) is 0. The van der Waals surface area contributed by atoms with Gasteiger partial charge in [-0.15, -0.1) is 0 Å². The topological polar surface area (TPSA) is 118 Å². The van der Waals surface area contributed by atoms with Crippen LogP contribution in [0.2, 0.25) is 0 Å². The van der Waals surface area contributed by atoms with Crippen LogP contribution in [0.4, 0.5) is 0 Å². The molecule has 0 aliphatic carbocycles. The van der Waals surface area contributed by atoms with Crippen LogP contribution in [-0.2, 0) is 0 Å². The van der Waals surface area contributed by atoms with Crippen molar-refractivity contribution < 1.29 is 18.9 Å². The maximum Gasteiger partial charge on any atom is 0.492 e. The quantitative estimate of drug-likeness (QED) is 0.130. The first kappa shape index (κ1) is 56.7. The highest BCUT2D eigenvalue weighted by molar-refractivity contribution is 9.10. The van der Waals surface area contributed by atoms with Gasteiger partial charge in [-0.3, -0.25) is 0 Å². The van der Waals surface area contributed by atoms with Crippen LogP contribution in [0, 0.1) is 0 Å². The van der Waals surface area contributed by atoms with Crippen molar-refractivity contribution in [2.24, 2.45) is 0 Å². The molecule has 0 saturated carbocycles. The molecule has 0 amide bonds. The minimum Gasteiger partial charge on any atom is -0.456 e. The number of furan rings is 2. The number of hydrogen-bond acceptors (Lipinski definition) is 8. The van der Waals surface area contributed by atoms with Crippen molar-refractivity contribution in [2.75, 3.05) is 0 Å². The van der Waals surface area contributed by atoms with E-state index in [1.54, 1.807) is 12.1 Å². The maximum atomic E-state index is 9.24. The normalized spacial score (nSPS) is 11.1. The number of para-hydroxylation sites is 4. The second kappa shape index (κ2) is 25.7. The molecule has 4 heterocycles. The Morgan fingerprint density at radius 1 is 0.267 bits per heavy atom. The van der Waals surface area contributed by atoms with Crippen LogP contribution in [0.5, 0.6) is 0 Å². The number of benzene rings is 12. The van der Waals surface area contributed by atoms with E-state index in [0.717, 1.165) is 133 Å². The third-order valence-corrected chi connectivity index (χ3v) is 16.4. The molecular weight excluding hydrogens is 1170 g/mol. The molecule has 4 aromatic heterocycles. The molecule has 0 bridgehead atoms. The highest BCUT2D eigenvalue weighted by Crippen LogP contribution is 2.38. The number of aromatic nitrogens is 4. The Morgan fingerprint density at radius 3 is 1.00 bits per heavy atom. The van der Waals surface area contributed by atoms with Crippen LogP contribution >= 0.6 is 15.9 Å². The Balaban J connectivity index is 0.000000130. The smallest absolute Gasteiger partial charge is 0.456 e. The molecule has 8 nitrogen and oxygen atoms in total. The molecule has 0 saturated heterocycles. The van der Waals surface area contributed by atoms with Crippen LogP contribution in [0.25, 0.3) is 145 Å². The molecule has 16 rings (SSSR count). The molecule has 2 N–H and O–H groups in total. The summed E-state index contributed by atoms with van der Waals surface area (Å²) in [5, 5.41) is 22.7. The summed E-state index contributed by atoms with van der Waals surface area (Å²) in [6.07, 6.45) is 0. The Bertz CT molecular complexity index is 5010. The summed E-state index contributed by atoms with van der Waals surface area (Å²) < 4.78 is 13.0. The molecule has 90 heavy (non-hydrogen) atoms. The van der Waals surface area contributed by atoms with Crippen molar-refractivity contribution in [3.63, 3.8) is 0 Å². The van der Waals surface area contributed by atoms with Gasteiger partial charge in [-0.25, -0.2) is 19.9 Å². The van der Waals surface area contributed by atoms with Gasteiger partial charge in [0.05, 0.1) is 22.8 Å². The van der Waals surface area contributed by atoms with Crippen LogP contribution in [0.3, 0.4) is 0 Å². The summed E-state index contributed by atoms with van der Waals surface area (Å²) in [7, 11) is -1.51. The van der Waals surface area contributed by atoms with E-state index in [0.29, 0.717) is 11.0 Å². The Kier molecular flexibility index (Phi) is 16.2. The van der Waals surface area contributed by atoms with Crippen molar-refractivity contribution in [1.82, 2.24) is 19.9 Å². The Hall–Kier alpha value is -11.1. The van der Waals surface area contributed by atoms with Gasteiger partial charge in [0.1, 0.15) is 22.3 Å². The van der Waals surface area contributed by atoms with Gasteiger partial charge < -0.3 is 18.9 Å².